The molecule has 0 aliphatic rings. The van der Waals surface area contributed by atoms with Crippen molar-refractivity contribution in [3.8, 4) is 11.5 Å². The summed E-state index contributed by atoms with van der Waals surface area (Å²) < 4.78 is 4.54. The van der Waals surface area contributed by atoms with Gasteiger partial charge in [-0.3, -0.25) is 4.79 Å². The molecule has 0 spiro atoms. The Morgan fingerprint density at radius 2 is 2.12 bits per heavy atom. The van der Waals surface area contributed by atoms with Crippen LogP contribution in [0, 0.1) is 0 Å². The van der Waals surface area contributed by atoms with E-state index in [1.54, 1.807) is 0 Å². The van der Waals surface area contributed by atoms with E-state index in [0.717, 1.165) is 6.07 Å². The molecule has 0 bridgehead atoms. The van der Waals surface area contributed by atoms with Gasteiger partial charge in [-0.15, -0.1) is 0 Å². The maximum atomic E-state index is 11.6. The van der Waals surface area contributed by atoms with Crippen LogP contribution in [-0.4, -0.2) is 21.3 Å². The second kappa shape index (κ2) is 3.93. The van der Waals surface area contributed by atoms with Crippen molar-refractivity contribution in [2.24, 2.45) is 0 Å². The molecule has 2 rings (SSSR count). The van der Waals surface area contributed by atoms with Crippen LogP contribution in [0.25, 0.3) is 0 Å². The molecule has 1 amide bonds. The number of nitrogens with zero attached hydrogens (tertiary/aromatic N) is 1. The first kappa shape index (κ1) is 10.0. The third kappa shape index (κ3) is 1.95. The molecule has 6 nitrogen and oxygen atoms in total. The van der Waals surface area contributed by atoms with Gasteiger partial charge in [0.25, 0.3) is 5.91 Å². The highest BCUT2D eigenvalue weighted by Gasteiger charge is 2.09. The van der Waals surface area contributed by atoms with Crippen molar-refractivity contribution < 1.29 is 19.5 Å². The van der Waals surface area contributed by atoms with Gasteiger partial charge in [0.05, 0.1) is 6.20 Å². The minimum Gasteiger partial charge on any atom is -0.504 e. The number of carbonyl (C=O) groups excluding carboxylic acids is 1. The number of hydrogen-bond donors (Lipinski definition) is 3. The molecule has 3 N–H and O–H groups in total. The Morgan fingerprint density at radius 3 is 2.75 bits per heavy atom. The Kier molecular flexibility index (Phi) is 2.47. The summed E-state index contributed by atoms with van der Waals surface area (Å²) in [6.45, 7) is 0. The van der Waals surface area contributed by atoms with Crippen molar-refractivity contribution in [3.63, 3.8) is 0 Å². The van der Waals surface area contributed by atoms with E-state index in [9.17, 15) is 9.90 Å². The largest absolute Gasteiger partial charge is 0.504 e. The number of benzene rings is 1. The van der Waals surface area contributed by atoms with Gasteiger partial charge in [0.1, 0.15) is 12.0 Å². The fourth-order valence-corrected chi connectivity index (χ4v) is 1.13. The predicted octanol–water partition coefficient (Wildman–Crippen LogP) is 1.34. The Morgan fingerprint density at radius 1 is 1.31 bits per heavy atom. The molecule has 6 heteroatoms. The van der Waals surface area contributed by atoms with Gasteiger partial charge >= 0.3 is 0 Å². The van der Waals surface area contributed by atoms with Gasteiger partial charge in [-0.25, -0.2) is 0 Å². The van der Waals surface area contributed by atoms with Crippen LogP contribution in [0.2, 0.25) is 0 Å². The van der Waals surface area contributed by atoms with Gasteiger partial charge in [-0.2, -0.15) is 0 Å². The summed E-state index contributed by atoms with van der Waals surface area (Å²) in [5, 5.41) is 24.2. The number of rotatable bonds is 2. The molecule has 16 heavy (non-hydrogen) atoms. The van der Waals surface area contributed by atoms with Crippen LogP contribution in [0.4, 0.5) is 5.69 Å². The maximum Gasteiger partial charge on any atom is 0.255 e. The molecule has 0 aliphatic carbocycles. The van der Waals surface area contributed by atoms with Gasteiger partial charge in [0, 0.05) is 5.56 Å². The van der Waals surface area contributed by atoms with Crippen LogP contribution in [0.3, 0.4) is 0 Å². The number of hydrogen-bond acceptors (Lipinski definition) is 5. The monoisotopic (exact) mass is 220 g/mol. The highest BCUT2D eigenvalue weighted by atomic mass is 16.5. The van der Waals surface area contributed by atoms with Gasteiger partial charge in [-0.1, -0.05) is 5.16 Å². The van der Waals surface area contributed by atoms with Crippen LogP contribution in [0.1, 0.15) is 10.4 Å². The average Bonchev–Trinajstić information content (AvgIpc) is 2.74. The van der Waals surface area contributed by atoms with Crippen LogP contribution >= 0.6 is 0 Å². The number of aromatic nitrogens is 1. The smallest absolute Gasteiger partial charge is 0.255 e. The van der Waals surface area contributed by atoms with E-state index in [0.29, 0.717) is 5.69 Å². The second-order valence-electron chi connectivity index (χ2n) is 3.07. The number of carbonyl (C=O) groups is 1. The molecule has 1 aromatic heterocycles. The van der Waals surface area contributed by atoms with Crippen molar-refractivity contribution >= 4 is 11.6 Å². The summed E-state index contributed by atoms with van der Waals surface area (Å²) in [6, 6.07) is 3.79. The number of anilines is 1. The average molecular weight is 220 g/mol. The van der Waals surface area contributed by atoms with E-state index >= 15 is 0 Å². The molecule has 2 aromatic rings. The van der Waals surface area contributed by atoms with Crippen LogP contribution in [-0.2, 0) is 0 Å². The highest BCUT2D eigenvalue weighted by Crippen LogP contribution is 2.25. The molecule has 0 aliphatic heterocycles. The zero-order chi connectivity index (χ0) is 11.5. The lowest BCUT2D eigenvalue weighted by Gasteiger charge is -2.03. The summed E-state index contributed by atoms with van der Waals surface area (Å²) in [4.78, 5) is 11.6. The second-order valence-corrected chi connectivity index (χ2v) is 3.07. The SMILES string of the molecule is O=C(Nc1cnoc1)c1ccc(O)c(O)c1. The number of nitrogens with one attached hydrogen (secondary N) is 1. The van der Waals surface area contributed by atoms with Crippen LogP contribution in [0.5, 0.6) is 11.5 Å². The van der Waals surface area contributed by atoms with Gasteiger partial charge in [-0.05, 0) is 18.2 Å². The van der Waals surface area contributed by atoms with Crippen molar-refractivity contribution in [3.05, 3.63) is 36.2 Å². The van der Waals surface area contributed by atoms with Gasteiger partial charge in [0.15, 0.2) is 11.5 Å². The van der Waals surface area contributed by atoms with E-state index in [1.165, 1.54) is 24.6 Å². The molecule has 0 saturated heterocycles. The van der Waals surface area contributed by atoms with Crippen LogP contribution < -0.4 is 5.32 Å². The molecule has 0 saturated carbocycles. The van der Waals surface area contributed by atoms with E-state index in [1.807, 2.05) is 0 Å². The van der Waals surface area contributed by atoms with Crippen molar-refractivity contribution in [1.82, 2.24) is 5.16 Å². The van der Waals surface area contributed by atoms with E-state index in [2.05, 4.69) is 15.0 Å². The van der Waals surface area contributed by atoms with E-state index < -0.39 is 5.91 Å². The first-order chi connectivity index (χ1) is 7.66. The number of phenolic OH excluding ortho intramolecular Hbond substituents is 2. The molecule has 1 heterocycles. The van der Waals surface area contributed by atoms with Crippen LogP contribution in [0.15, 0.2) is 35.2 Å². The highest BCUT2D eigenvalue weighted by molar-refractivity contribution is 6.04. The third-order valence-electron chi connectivity index (χ3n) is 1.93. The van der Waals surface area contributed by atoms with Crippen molar-refractivity contribution in [2.75, 3.05) is 5.32 Å². The van der Waals surface area contributed by atoms with Crippen molar-refractivity contribution in [1.29, 1.82) is 0 Å². The molecular formula is C10H8N2O4. The van der Waals surface area contributed by atoms with Gasteiger partial charge < -0.3 is 20.1 Å². The topological polar surface area (TPSA) is 95.6 Å². The maximum absolute atomic E-state index is 11.6. The lowest BCUT2D eigenvalue weighted by Crippen LogP contribution is -2.10. The Bertz CT molecular complexity index is 508. The van der Waals surface area contributed by atoms with E-state index in [4.69, 9.17) is 5.11 Å². The quantitative estimate of drug-likeness (QED) is 0.663. The summed E-state index contributed by atoms with van der Waals surface area (Å²) in [6.07, 6.45) is 2.62. The minimum absolute atomic E-state index is 0.219. The Balaban J connectivity index is 2.18. The number of aromatic hydroxyl groups is 2. The molecule has 0 radical (unpaired) electrons. The molecule has 1 aromatic carbocycles. The molecule has 0 atom stereocenters. The predicted molar refractivity (Wildman–Crippen MR) is 54.2 cm³/mol. The fourth-order valence-electron chi connectivity index (χ4n) is 1.13. The Labute approximate surface area is 90.1 Å². The summed E-state index contributed by atoms with van der Waals surface area (Å²) >= 11 is 0. The first-order valence-electron chi connectivity index (χ1n) is 4.39. The molecular weight excluding hydrogens is 212 g/mol. The summed E-state index contributed by atoms with van der Waals surface area (Å²) in [5.41, 5.74) is 0.633. The standard InChI is InChI=1S/C10H8N2O4/c13-8-2-1-6(3-9(8)14)10(15)12-7-4-11-16-5-7/h1-5,13-14H,(H,12,15). The van der Waals surface area contributed by atoms with E-state index in [-0.39, 0.29) is 17.1 Å². The fraction of sp³-hybridized carbons (Fsp3) is 0. The molecule has 0 fully saturated rings. The zero-order valence-electron chi connectivity index (χ0n) is 8.04. The third-order valence-corrected chi connectivity index (χ3v) is 1.93. The lowest BCUT2D eigenvalue weighted by molar-refractivity contribution is 0.102. The Hall–Kier alpha value is -2.50. The summed E-state index contributed by atoms with van der Waals surface area (Å²) in [7, 11) is 0. The zero-order valence-corrected chi connectivity index (χ0v) is 8.04. The minimum atomic E-state index is -0.432. The molecule has 82 valence electrons. The normalized spacial score (nSPS) is 10.0. The van der Waals surface area contributed by atoms with Gasteiger partial charge in [0.2, 0.25) is 0 Å². The first-order valence-corrected chi connectivity index (χ1v) is 4.39. The van der Waals surface area contributed by atoms with Crippen molar-refractivity contribution in [2.45, 2.75) is 0 Å². The summed E-state index contributed by atoms with van der Waals surface area (Å²) in [5.74, 6) is -1.06. The number of amides is 1. The lowest BCUT2D eigenvalue weighted by atomic mass is 10.2. The number of phenols is 2. The molecule has 0 unspecified atom stereocenters.